The average Bonchev–Trinajstić information content (AvgIpc) is 2.74. The Morgan fingerprint density at radius 3 is 2.37 bits per heavy atom. The van der Waals surface area contributed by atoms with Gasteiger partial charge in [-0.25, -0.2) is 4.79 Å². The Labute approximate surface area is 171 Å². The van der Waals surface area contributed by atoms with Crippen molar-refractivity contribution in [3.8, 4) is 22.6 Å². The third-order valence-corrected chi connectivity index (χ3v) is 4.40. The summed E-state index contributed by atoms with van der Waals surface area (Å²) in [6.45, 7) is 1.25. The van der Waals surface area contributed by atoms with Crippen LogP contribution < -0.4 is 14.9 Å². The van der Waals surface area contributed by atoms with Crippen molar-refractivity contribution >= 4 is 22.9 Å². The highest BCUT2D eigenvalue weighted by Crippen LogP contribution is 2.25. The maximum atomic E-state index is 12.8. The second kappa shape index (κ2) is 8.05. The molecule has 3 aromatic carbocycles. The highest BCUT2D eigenvalue weighted by molar-refractivity contribution is 5.95. The van der Waals surface area contributed by atoms with Crippen LogP contribution in [0.25, 0.3) is 22.1 Å². The molecule has 0 bridgehead atoms. The number of benzene rings is 3. The minimum Gasteiger partial charge on any atom is -0.463 e. The van der Waals surface area contributed by atoms with Gasteiger partial charge in [0.2, 0.25) is 0 Å². The van der Waals surface area contributed by atoms with E-state index in [4.69, 9.17) is 13.9 Å². The number of para-hydroxylation sites is 1. The molecule has 30 heavy (non-hydrogen) atoms. The second-order valence-electron chi connectivity index (χ2n) is 6.48. The third-order valence-electron chi connectivity index (χ3n) is 4.40. The zero-order valence-corrected chi connectivity index (χ0v) is 16.0. The topological polar surface area (TPSA) is 82.8 Å². The first kappa shape index (κ1) is 19.1. The fourth-order valence-electron chi connectivity index (χ4n) is 3.03. The summed E-state index contributed by atoms with van der Waals surface area (Å²) in [5.41, 5.74) is 1.42. The van der Waals surface area contributed by atoms with Crippen molar-refractivity contribution in [1.82, 2.24) is 0 Å². The predicted molar refractivity (Wildman–Crippen MR) is 111 cm³/mol. The first-order valence-corrected chi connectivity index (χ1v) is 9.13. The van der Waals surface area contributed by atoms with Gasteiger partial charge in [-0.05, 0) is 29.8 Å². The van der Waals surface area contributed by atoms with Gasteiger partial charge in [-0.1, -0.05) is 42.5 Å². The molecule has 0 saturated carbocycles. The number of carbonyl (C=O) groups is 2. The molecule has 0 unspecified atom stereocenters. The molecule has 4 rings (SSSR count). The Kier molecular flexibility index (Phi) is 5.13. The Morgan fingerprint density at radius 2 is 1.60 bits per heavy atom. The van der Waals surface area contributed by atoms with E-state index in [0.29, 0.717) is 16.5 Å². The van der Waals surface area contributed by atoms with E-state index in [1.807, 2.05) is 30.3 Å². The predicted octanol–water partition coefficient (Wildman–Crippen LogP) is 4.60. The minimum atomic E-state index is -0.700. The maximum Gasteiger partial charge on any atom is 0.347 e. The number of ether oxygens (including phenoxy) is 2. The van der Waals surface area contributed by atoms with Crippen molar-refractivity contribution < 1.29 is 23.5 Å². The van der Waals surface area contributed by atoms with Crippen LogP contribution in [0.3, 0.4) is 0 Å². The molecule has 1 aromatic heterocycles. The van der Waals surface area contributed by atoms with E-state index >= 15 is 0 Å². The highest BCUT2D eigenvalue weighted by Gasteiger charge is 2.17. The standard InChI is InChI=1S/C24H16O6/c1-15(25)29-21-10-6-5-9-19(21)24(27)30-17-11-12-18-22(13-17)28-14-20(23(18)26)16-7-3-2-4-8-16/h2-14H,1H3. The van der Waals surface area contributed by atoms with Gasteiger partial charge in [0.05, 0.1) is 10.9 Å². The van der Waals surface area contributed by atoms with Crippen LogP contribution in [-0.4, -0.2) is 11.9 Å². The highest BCUT2D eigenvalue weighted by atomic mass is 16.5. The van der Waals surface area contributed by atoms with Gasteiger partial charge >= 0.3 is 11.9 Å². The number of fused-ring (bicyclic) bond motifs is 1. The molecule has 0 atom stereocenters. The number of rotatable bonds is 4. The lowest BCUT2D eigenvalue weighted by atomic mass is 10.1. The summed E-state index contributed by atoms with van der Waals surface area (Å²) in [6.07, 6.45) is 1.39. The van der Waals surface area contributed by atoms with Gasteiger partial charge in [-0.15, -0.1) is 0 Å². The molecule has 0 aliphatic heterocycles. The van der Waals surface area contributed by atoms with Crippen LogP contribution in [0.4, 0.5) is 0 Å². The van der Waals surface area contributed by atoms with Crippen molar-refractivity contribution in [2.75, 3.05) is 0 Å². The smallest absolute Gasteiger partial charge is 0.347 e. The molecule has 0 amide bonds. The van der Waals surface area contributed by atoms with E-state index in [1.165, 1.54) is 37.5 Å². The first-order chi connectivity index (χ1) is 14.5. The first-order valence-electron chi connectivity index (χ1n) is 9.13. The zero-order valence-electron chi connectivity index (χ0n) is 16.0. The lowest BCUT2D eigenvalue weighted by Crippen LogP contribution is -2.12. The molecule has 0 aliphatic rings. The van der Waals surface area contributed by atoms with Gasteiger partial charge in [0, 0.05) is 13.0 Å². The molecular formula is C24H16O6. The van der Waals surface area contributed by atoms with Crippen LogP contribution in [0.1, 0.15) is 17.3 Å². The molecule has 1 heterocycles. The summed E-state index contributed by atoms with van der Waals surface area (Å²) in [5.74, 6) is -0.943. The summed E-state index contributed by atoms with van der Waals surface area (Å²) in [5, 5.41) is 0.372. The fraction of sp³-hybridized carbons (Fsp3) is 0.0417. The van der Waals surface area contributed by atoms with Crippen LogP contribution in [-0.2, 0) is 4.79 Å². The molecule has 4 aromatic rings. The van der Waals surface area contributed by atoms with Crippen molar-refractivity contribution in [2.45, 2.75) is 6.92 Å². The molecule has 6 nitrogen and oxygen atoms in total. The van der Waals surface area contributed by atoms with Crippen LogP contribution in [0.15, 0.2) is 88.3 Å². The van der Waals surface area contributed by atoms with Crippen LogP contribution in [0, 0.1) is 0 Å². The molecule has 0 saturated heterocycles. The van der Waals surface area contributed by atoms with E-state index in [9.17, 15) is 14.4 Å². The SMILES string of the molecule is CC(=O)Oc1ccccc1C(=O)Oc1ccc2c(=O)c(-c3ccccc3)coc2c1. The van der Waals surface area contributed by atoms with Crippen molar-refractivity contribution in [3.05, 3.63) is 94.8 Å². The van der Waals surface area contributed by atoms with Crippen LogP contribution >= 0.6 is 0 Å². The molecule has 6 heteroatoms. The summed E-state index contributed by atoms with van der Waals surface area (Å²) in [7, 11) is 0. The molecule has 0 radical (unpaired) electrons. The summed E-state index contributed by atoms with van der Waals surface area (Å²) < 4.78 is 16.1. The van der Waals surface area contributed by atoms with Crippen molar-refractivity contribution in [2.24, 2.45) is 0 Å². The van der Waals surface area contributed by atoms with Crippen LogP contribution in [0.2, 0.25) is 0 Å². The van der Waals surface area contributed by atoms with E-state index in [-0.39, 0.29) is 22.5 Å². The van der Waals surface area contributed by atoms with Crippen LogP contribution in [0.5, 0.6) is 11.5 Å². The largest absolute Gasteiger partial charge is 0.463 e. The molecule has 0 N–H and O–H groups in total. The number of hydrogen-bond acceptors (Lipinski definition) is 6. The third kappa shape index (κ3) is 3.84. The average molecular weight is 400 g/mol. The van der Waals surface area contributed by atoms with Gasteiger partial charge < -0.3 is 13.9 Å². The van der Waals surface area contributed by atoms with Gasteiger partial charge in [-0.2, -0.15) is 0 Å². The van der Waals surface area contributed by atoms with Crippen molar-refractivity contribution in [3.63, 3.8) is 0 Å². The van der Waals surface area contributed by atoms with Crippen molar-refractivity contribution in [1.29, 1.82) is 0 Å². The van der Waals surface area contributed by atoms with E-state index < -0.39 is 11.9 Å². The molecule has 0 aliphatic carbocycles. The fourth-order valence-corrected chi connectivity index (χ4v) is 3.03. The van der Waals surface area contributed by atoms with Gasteiger partial charge in [0.15, 0.2) is 5.43 Å². The molecule has 0 spiro atoms. The van der Waals surface area contributed by atoms with E-state index in [0.717, 1.165) is 5.56 Å². The lowest BCUT2D eigenvalue weighted by Gasteiger charge is -2.09. The number of esters is 2. The summed E-state index contributed by atoms with van der Waals surface area (Å²) in [4.78, 5) is 36.6. The number of carbonyl (C=O) groups excluding carboxylic acids is 2. The van der Waals surface area contributed by atoms with Gasteiger partial charge in [0.25, 0.3) is 0 Å². The molecular weight excluding hydrogens is 384 g/mol. The Bertz CT molecular complexity index is 1300. The van der Waals surface area contributed by atoms with E-state index in [2.05, 4.69) is 0 Å². The lowest BCUT2D eigenvalue weighted by molar-refractivity contribution is -0.131. The summed E-state index contributed by atoms with van der Waals surface area (Å²) >= 11 is 0. The van der Waals surface area contributed by atoms with E-state index in [1.54, 1.807) is 18.2 Å². The molecule has 0 fully saturated rings. The molecule has 148 valence electrons. The summed E-state index contributed by atoms with van der Waals surface area (Å²) in [6, 6.07) is 20.0. The number of hydrogen-bond donors (Lipinski definition) is 0. The normalized spacial score (nSPS) is 10.6. The quantitative estimate of drug-likeness (QED) is 0.368. The van der Waals surface area contributed by atoms with Gasteiger partial charge in [0.1, 0.15) is 28.9 Å². The second-order valence-corrected chi connectivity index (χ2v) is 6.48. The zero-order chi connectivity index (χ0) is 21.1. The Balaban J connectivity index is 1.65. The Hall–Kier alpha value is -4.19. The van der Waals surface area contributed by atoms with Gasteiger partial charge in [-0.3, -0.25) is 9.59 Å². The maximum absolute atomic E-state index is 12.8. The monoisotopic (exact) mass is 400 g/mol. The Morgan fingerprint density at radius 1 is 0.867 bits per heavy atom. The minimum absolute atomic E-state index is 0.105.